The molecule has 0 aliphatic heterocycles. The van der Waals surface area contributed by atoms with Crippen molar-refractivity contribution in [2.75, 3.05) is 12.9 Å². The number of halogens is 3. The second-order valence-corrected chi connectivity index (χ2v) is 9.10. The Balaban J connectivity index is 1.79. The summed E-state index contributed by atoms with van der Waals surface area (Å²) in [6.45, 7) is 1.99. The predicted octanol–water partition coefficient (Wildman–Crippen LogP) is 4.57. The predicted molar refractivity (Wildman–Crippen MR) is 107 cm³/mol. The smallest absolute Gasteiger partial charge is 0.220 e. The fourth-order valence-electron chi connectivity index (χ4n) is 2.47. The van der Waals surface area contributed by atoms with E-state index in [9.17, 15) is 17.6 Å². The Morgan fingerprint density at radius 1 is 1.18 bits per heavy atom. The van der Waals surface area contributed by atoms with Crippen molar-refractivity contribution < 1.29 is 22.3 Å². The van der Waals surface area contributed by atoms with Crippen LogP contribution in [0.15, 0.2) is 41.3 Å². The molecule has 0 bridgehead atoms. The average molecular weight is 448 g/mol. The Kier molecular flexibility index (Phi) is 7.69. The molecule has 0 radical (unpaired) electrons. The van der Waals surface area contributed by atoms with E-state index in [-0.39, 0.29) is 33.9 Å². The highest BCUT2D eigenvalue weighted by atomic mass is 35.5. The summed E-state index contributed by atoms with van der Waals surface area (Å²) >= 11 is 11.7. The molecule has 0 aliphatic carbocycles. The second kappa shape index (κ2) is 9.58. The van der Waals surface area contributed by atoms with Crippen LogP contribution in [0.1, 0.15) is 31.4 Å². The molecular formula is C19H20Cl2FNO4S. The van der Waals surface area contributed by atoms with Gasteiger partial charge in [0.05, 0.1) is 22.6 Å². The van der Waals surface area contributed by atoms with Crippen molar-refractivity contribution in [3.8, 4) is 5.75 Å². The summed E-state index contributed by atoms with van der Waals surface area (Å²) in [5, 5.41) is 2.95. The van der Waals surface area contributed by atoms with Gasteiger partial charge in [-0.05, 0) is 55.3 Å². The Morgan fingerprint density at radius 3 is 2.43 bits per heavy atom. The van der Waals surface area contributed by atoms with Crippen LogP contribution in [0, 0.1) is 5.82 Å². The molecule has 9 heteroatoms. The normalized spacial score (nSPS) is 12.5. The highest BCUT2D eigenvalue weighted by Gasteiger charge is 2.15. The van der Waals surface area contributed by atoms with E-state index in [1.165, 1.54) is 24.3 Å². The Morgan fingerprint density at radius 2 is 1.82 bits per heavy atom. The molecular weight excluding hydrogens is 428 g/mol. The largest absolute Gasteiger partial charge is 0.494 e. The Bertz CT molecular complexity index is 949. The highest BCUT2D eigenvalue weighted by molar-refractivity contribution is 7.90. The van der Waals surface area contributed by atoms with E-state index in [1.54, 1.807) is 19.1 Å². The molecule has 2 rings (SSSR count). The maximum absolute atomic E-state index is 13.6. The van der Waals surface area contributed by atoms with Gasteiger partial charge in [0.15, 0.2) is 9.84 Å². The third kappa shape index (κ3) is 6.36. The van der Waals surface area contributed by atoms with Gasteiger partial charge in [-0.3, -0.25) is 4.79 Å². The summed E-state index contributed by atoms with van der Waals surface area (Å²) in [5.41, 5.74) is 0.444. The number of hydrogen-bond acceptors (Lipinski definition) is 4. The molecule has 0 spiro atoms. The van der Waals surface area contributed by atoms with Gasteiger partial charge in [-0.25, -0.2) is 12.8 Å². The fraction of sp³-hybridized carbons (Fsp3) is 0.316. The molecule has 1 amide bonds. The average Bonchev–Trinajstić information content (AvgIpc) is 2.61. The van der Waals surface area contributed by atoms with Crippen LogP contribution >= 0.6 is 23.2 Å². The lowest BCUT2D eigenvalue weighted by Gasteiger charge is -2.16. The number of nitrogens with one attached hydrogen (secondary N) is 1. The first kappa shape index (κ1) is 22.5. The van der Waals surface area contributed by atoms with Crippen LogP contribution in [-0.2, 0) is 14.6 Å². The third-order valence-corrected chi connectivity index (χ3v) is 5.70. The van der Waals surface area contributed by atoms with Crippen molar-refractivity contribution in [2.24, 2.45) is 0 Å². The molecule has 28 heavy (non-hydrogen) atoms. The quantitative estimate of drug-likeness (QED) is 0.474. The van der Waals surface area contributed by atoms with Crippen molar-refractivity contribution in [1.82, 2.24) is 5.32 Å². The molecule has 0 fully saturated rings. The summed E-state index contributed by atoms with van der Waals surface area (Å²) in [6.07, 6.45) is 1.79. The molecule has 152 valence electrons. The number of sulfone groups is 1. The number of hydrogen-bond donors (Lipinski definition) is 1. The van der Waals surface area contributed by atoms with Crippen LogP contribution < -0.4 is 10.1 Å². The Hall–Kier alpha value is -1.83. The summed E-state index contributed by atoms with van der Waals surface area (Å²) in [7, 11) is -3.25. The number of carbonyl (C=O) groups is 1. The molecule has 0 aliphatic rings. The van der Waals surface area contributed by atoms with Gasteiger partial charge < -0.3 is 10.1 Å². The standard InChI is InChI=1S/C19H20Cl2FNO4S/c1-12(15-10-18(22)17(21)11-16(15)20)23-19(24)4-3-9-27-13-5-7-14(8-6-13)28(2,25)26/h5-8,10-12H,3-4,9H2,1-2H3,(H,23,24). The third-order valence-electron chi connectivity index (χ3n) is 3.95. The zero-order chi connectivity index (χ0) is 20.9. The molecule has 1 N–H and O–H groups in total. The van der Waals surface area contributed by atoms with E-state index < -0.39 is 21.7 Å². The minimum atomic E-state index is -3.25. The molecule has 1 atom stereocenters. The minimum Gasteiger partial charge on any atom is -0.494 e. The van der Waals surface area contributed by atoms with E-state index >= 15 is 0 Å². The lowest BCUT2D eigenvalue weighted by atomic mass is 10.1. The Labute approximate surface area is 173 Å². The summed E-state index contributed by atoms with van der Waals surface area (Å²) in [4.78, 5) is 12.3. The summed E-state index contributed by atoms with van der Waals surface area (Å²) in [5.74, 6) is -0.308. The van der Waals surface area contributed by atoms with E-state index in [1.807, 2.05) is 0 Å². The first-order valence-corrected chi connectivity index (χ1v) is 11.1. The number of rotatable bonds is 8. The summed E-state index contributed by atoms with van der Waals surface area (Å²) in [6, 6.07) is 8.10. The van der Waals surface area contributed by atoms with E-state index in [0.717, 1.165) is 6.26 Å². The van der Waals surface area contributed by atoms with Gasteiger partial charge in [-0.15, -0.1) is 0 Å². The topological polar surface area (TPSA) is 72.5 Å². The maximum atomic E-state index is 13.6. The monoisotopic (exact) mass is 447 g/mol. The molecule has 1 unspecified atom stereocenters. The highest BCUT2D eigenvalue weighted by Crippen LogP contribution is 2.28. The van der Waals surface area contributed by atoms with Crippen molar-refractivity contribution in [3.63, 3.8) is 0 Å². The number of ether oxygens (including phenoxy) is 1. The van der Waals surface area contributed by atoms with Gasteiger partial charge in [0.25, 0.3) is 0 Å². The molecule has 2 aromatic rings. The van der Waals surface area contributed by atoms with Crippen LogP contribution in [0.25, 0.3) is 0 Å². The SMILES string of the molecule is CC(NC(=O)CCCOc1ccc(S(C)(=O)=O)cc1)c1cc(F)c(Cl)cc1Cl. The van der Waals surface area contributed by atoms with E-state index in [0.29, 0.717) is 17.7 Å². The molecule has 0 heterocycles. The van der Waals surface area contributed by atoms with Gasteiger partial charge in [-0.1, -0.05) is 23.2 Å². The van der Waals surface area contributed by atoms with Crippen LogP contribution in [-0.4, -0.2) is 27.2 Å². The number of benzene rings is 2. The second-order valence-electron chi connectivity index (χ2n) is 6.27. The fourth-order valence-corrected chi connectivity index (χ4v) is 3.64. The van der Waals surface area contributed by atoms with Crippen molar-refractivity contribution >= 4 is 38.9 Å². The van der Waals surface area contributed by atoms with Crippen LogP contribution in [0.5, 0.6) is 5.75 Å². The molecule has 0 saturated heterocycles. The van der Waals surface area contributed by atoms with Gasteiger partial charge in [0, 0.05) is 17.7 Å². The molecule has 2 aromatic carbocycles. The first-order chi connectivity index (χ1) is 13.1. The van der Waals surface area contributed by atoms with Crippen LogP contribution in [0.3, 0.4) is 0 Å². The van der Waals surface area contributed by atoms with Crippen LogP contribution in [0.2, 0.25) is 10.0 Å². The maximum Gasteiger partial charge on any atom is 0.220 e. The van der Waals surface area contributed by atoms with E-state index in [4.69, 9.17) is 27.9 Å². The molecule has 0 aromatic heterocycles. The lowest BCUT2D eigenvalue weighted by Crippen LogP contribution is -2.27. The molecule has 5 nitrogen and oxygen atoms in total. The van der Waals surface area contributed by atoms with Gasteiger partial charge in [-0.2, -0.15) is 0 Å². The molecule has 0 saturated carbocycles. The summed E-state index contributed by atoms with van der Waals surface area (Å²) < 4.78 is 41.9. The van der Waals surface area contributed by atoms with Crippen molar-refractivity contribution in [1.29, 1.82) is 0 Å². The minimum absolute atomic E-state index is 0.0750. The van der Waals surface area contributed by atoms with E-state index in [2.05, 4.69) is 5.32 Å². The lowest BCUT2D eigenvalue weighted by molar-refractivity contribution is -0.121. The van der Waals surface area contributed by atoms with Gasteiger partial charge in [0.1, 0.15) is 11.6 Å². The number of carbonyl (C=O) groups excluding carboxylic acids is 1. The zero-order valence-electron chi connectivity index (χ0n) is 15.3. The number of amides is 1. The van der Waals surface area contributed by atoms with Crippen molar-refractivity contribution in [3.05, 3.63) is 57.8 Å². The van der Waals surface area contributed by atoms with Gasteiger partial charge in [0.2, 0.25) is 5.91 Å². The van der Waals surface area contributed by atoms with Gasteiger partial charge >= 0.3 is 0 Å². The zero-order valence-corrected chi connectivity index (χ0v) is 17.7. The van der Waals surface area contributed by atoms with Crippen molar-refractivity contribution in [2.45, 2.75) is 30.7 Å². The first-order valence-electron chi connectivity index (χ1n) is 8.44. The van der Waals surface area contributed by atoms with Crippen LogP contribution in [0.4, 0.5) is 4.39 Å².